The number of aliphatic imine (C=N–C) groups is 1. The molecule has 1 aromatic rings. The van der Waals surface area contributed by atoms with Gasteiger partial charge in [-0.1, -0.05) is 17.7 Å². The molecule has 0 spiro atoms. The van der Waals surface area contributed by atoms with Crippen LogP contribution in [-0.4, -0.2) is 37.6 Å². The van der Waals surface area contributed by atoms with Crippen molar-refractivity contribution in [2.24, 2.45) is 4.99 Å². The van der Waals surface area contributed by atoms with Crippen LogP contribution in [0.25, 0.3) is 0 Å². The molecule has 0 atom stereocenters. The number of halogens is 1. The van der Waals surface area contributed by atoms with Gasteiger partial charge in [0.15, 0.2) is 5.96 Å². The van der Waals surface area contributed by atoms with Gasteiger partial charge in [-0.05, 0) is 31.0 Å². The van der Waals surface area contributed by atoms with Gasteiger partial charge in [0.05, 0.1) is 11.6 Å². The van der Waals surface area contributed by atoms with Gasteiger partial charge in [-0.3, -0.25) is 4.99 Å². The Bertz CT molecular complexity index is 462. The van der Waals surface area contributed by atoms with Crippen LogP contribution in [0.3, 0.4) is 0 Å². The molecular formula is C14H20ClN3O. The van der Waals surface area contributed by atoms with E-state index in [0.717, 1.165) is 43.3 Å². The predicted molar refractivity (Wildman–Crippen MR) is 79.0 cm³/mol. The highest BCUT2D eigenvalue weighted by molar-refractivity contribution is 6.32. The Balaban J connectivity index is 1.96. The number of benzene rings is 1. The molecule has 0 unspecified atom stereocenters. The van der Waals surface area contributed by atoms with Crippen molar-refractivity contribution in [2.75, 3.05) is 26.7 Å². The quantitative estimate of drug-likeness (QED) is 0.921. The van der Waals surface area contributed by atoms with Crippen LogP contribution in [0.4, 0.5) is 0 Å². The summed E-state index contributed by atoms with van der Waals surface area (Å²) < 4.78 is 5.42. The third-order valence-corrected chi connectivity index (χ3v) is 3.32. The van der Waals surface area contributed by atoms with Gasteiger partial charge >= 0.3 is 0 Å². The highest BCUT2D eigenvalue weighted by Crippen LogP contribution is 2.25. The molecule has 1 aromatic carbocycles. The molecular weight excluding hydrogens is 262 g/mol. The second-order valence-electron chi connectivity index (χ2n) is 4.53. The van der Waals surface area contributed by atoms with Crippen LogP contribution in [-0.2, 0) is 6.54 Å². The second-order valence-corrected chi connectivity index (χ2v) is 4.94. The SMILES string of the molecule is CCOc1ccc(CNC2=NCCCN2C)cc1Cl. The largest absolute Gasteiger partial charge is 0.492 e. The molecule has 1 N–H and O–H groups in total. The molecule has 1 aliphatic rings. The molecule has 0 amide bonds. The molecule has 19 heavy (non-hydrogen) atoms. The number of nitrogens with zero attached hydrogens (tertiary/aromatic N) is 2. The molecule has 4 nitrogen and oxygen atoms in total. The molecule has 0 aromatic heterocycles. The summed E-state index contributed by atoms with van der Waals surface area (Å²) in [6.07, 6.45) is 1.12. The molecule has 0 saturated carbocycles. The summed E-state index contributed by atoms with van der Waals surface area (Å²) >= 11 is 6.16. The normalized spacial score (nSPS) is 15.1. The van der Waals surface area contributed by atoms with Gasteiger partial charge in [0.1, 0.15) is 5.75 Å². The maximum absolute atomic E-state index is 6.16. The van der Waals surface area contributed by atoms with E-state index in [4.69, 9.17) is 16.3 Å². The fourth-order valence-electron chi connectivity index (χ4n) is 2.02. The standard InChI is InChI=1S/C14H20ClN3O/c1-3-19-13-6-5-11(9-12(13)15)10-17-14-16-7-4-8-18(14)2/h5-6,9H,3-4,7-8,10H2,1-2H3,(H,16,17). The molecule has 2 rings (SSSR count). The average Bonchev–Trinajstić information content (AvgIpc) is 2.41. The van der Waals surface area contributed by atoms with E-state index >= 15 is 0 Å². The summed E-state index contributed by atoms with van der Waals surface area (Å²) in [5.41, 5.74) is 1.12. The third kappa shape index (κ3) is 3.77. The lowest BCUT2D eigenvalue weighted by Crippen LogP contribution is -2.41. The minimum Gasteiger partial charge on any atom is -0.492 e. The van der Waals surface area contributed by atoms with Crippen molar-refractivity contribution in [3.8, 4) is 5.75 Å². The minimum atomic E-state index is 0.624. The van der Waals surface area contributed by atoms with Gasteiger partial charge in [-0.25, -0.2) is 0 Å². The van der Waals surface area contributed by atoms with Gasteiger partial charge in [-0.2, -0.15) is 0 Å². The molecule has 0 saturated heterocycles. The molecule has 5 heteroatoms. The van der Waals surface area contributed by atoms with Crippen molar-refractivity contribution < 1.29 is 4.74 Å². The first-order valence-electron chi connectivity index (χ1n) is 6.61. The third-order valence-electron chi connectivity index (χ3n) is 3.02. The maximum Gasteiger partial charge on any atom is 0.193 e. The zero-order valence-corrected chi connectivity index (χ0v) is 12.2. The summed E-state index contributed by atoms with van der Waals surface area (Å²) in [6.45, 7) is 5.24. The van der Waals surface area contributed by atoms with Crippen molar-refractivity contribution in [3.05, 3.63) is 28.8 Å². The summed E-state index contributed by atoms with van der Waals surface area (Å²) in [5, 5.41) is 4.00. The number of ether oxygens (including phenoxy) is 1. The van der Waals surface area contributed by atoms with E-state index in [0.29, 0.717) is 11.6 Å². The molecule has 104 valence electrons. The van der Waals surface area contributed by atoms with E-state index in [2.05, 4.69) is 22.3 Å². The Labute approximate surface area is 119 Å². The first kappa shape index (κ1) is 14.0. The molecule has 0 bridgehead atoms. The van der Waals surface area contributed by atoms with Gasteiger partial charge in [0.25, 0.3) is 0 Å². The second kappa shape index (κ2) is 6.66. The van der Waals surface area contributed by atoms with Crippen LogP contribution in [0.1, 0.15) is 18.9 Å². The average molecular weight is 282 g/mol. The molecule has 1 aliphatic heterocycles. The van der Waals surface area contributed by atoms with Crippen molar-refractivity contribution >= 4 is 17.6 Å². The first-order chi connectivity index (χ1) is 9.20. The van der Waals surface area contributed by atoms with Crippen molar-refractivity contribution in [3.63, 3.8) is 0 Å². The monoisotopic (exact) mass is 281 g/mol. The first-order valence-corrected chi connectivity index (χ1v) is 6.99. The van der Waals surface area contributed by atoms with Crippen LogP contribution in [0.15, 0.2) is 23.2 Å². The Morgan fingerprint density at radius 3 is 3.00 bits per heavy atom. The summed E-state index contributed by atoms with van der Waals surface area (Å²) in [5.74, 6) is 1.69. The smallest absolute Gasteiger partial charge is 0.193 e. The van der Waals surface area contributed by atoms with E-state index in [1.807, 2.05) is 25.1 Å². The minimum absolute atomic E-state index is 0.624. The van der Waals surface area contributed by atoms with Crippen LogP contribution >= 0.6 is 11.6 Å². The summed E-state index contributed by atoms with van der Waals surface area (Å²) in [7, 11) is 2.05. The lowest BCUT2D eigenvalue weighted by molar-refractivity contribution is 0.340. The van der Waals surface area contributed by atoms with Crippen molar-refractivity contribution in [1.82, 2.24) is 10.2 Å². The number of hydrogen-bond acceptors (Lipinski definition) is 4. The zero-order chi connectivity index (χ0) is 13.7. The number of rotatable bonds is 4. The molecule has 0 fully saturated rings. The zero-order valence-electron chi connectivity index (χ0n) is 11.4. The van der Waals surface area contributed by atoms with E-state index in [-0.39, 0.29) is 0 Å². The summed E-state index contributed by atoms with van der Waals surface area (Å²) in [6, 6.07) is 5.87. The van der Waals surface area contributed by atoms with Gasteiger partial charge in [0.2, 0.25) is 0 Å². The van der Waals surface area contributed by atoms with Crippen LogP contribution in [0, 0.1) is 0 Å². The van der Waals surface area contributed by atoms with Gasteiger partial charge < -0.3 is 15.0 Å². The number of nitrogens with one attached hydrogen (secondary N) is 1. The lowest BCUT2D eigenvalue weighted by Gasteiger charge is -2.25. The highest BCUT2D eigenvalue weighted by atomic mass is 35.5. The van der Waals surface area contributed by atoms with Crippen LogP contribution in [0.5, 0.6) is 5.75 Å². The highest BCUT2D eigenvalue weighted by Gasteiger charge is 2.10. The fourth-order valence-corrected chi connectivity index (χ4v) is 2.28. The van der Waals surface area contributed by atoms with E-state index < -0.39 is 0 Å². The fraction of sp³-hybridized carbons (Fsp3) is 0.500. The van der Waals surface area contributed by atoms with Crippen LogP contribution < -0.4 is 10.1 Å². The lowest BCUT2D eigenvalue weighted by atomic mass is 10.2. The predicted octanol–water partition coefficient (Wildman–Crippen LogP) is 2.52. The number of guanidine groups is 1. The van der Waals surface area contributed by atoms with Crippen LogP contribution in [0.2, 0.25) is 5.02 Å². The Morgan fingerprint density at radius 2 is 2.32 bits per heavy atom. The molecule has 1 heterocycles. The molecule has 0 aliphatic carbocycles. The van der Waals surface area contributed by atoms with Gasteiger partial charge in [0, 0.05) is 26.7 Å². The van der Waals surface area contributed by atoms with Crippen molar-refractivity contribution in [2.45, 2.75) is 19.9 Å². The van der Waals surface area contributed by atoms with Gasteiger partial charge in [-0.15, -0.1) is 0 Å². The molecule has 0 radical (unpaired) electrons. The Morgan fingerprint density at radius 1 is 1.47 bits per heavy atom. The Hall–Kier alpha value is -1.42. The Kier molecular flexibility index (Phi) is 4.91. The topological polar surface area (TPSA) is 36.9 Å². The maximum atomic E-state index is 6.16. The number of hydrogen-bond donors (Lipinski definition) is 1. The van der Waals surface area contributed by atoms with E-state index in [1.165, 1.54) is 0 Å². The van der Waals surface area contributed by atoms with Crippen molar-refractivity contribution in [1.29, 1.82) is 0 Å². The van der Waals surface area contributed by atoms with E-state index in [9.17, 15) is 0 Å². The van der Waals surface area contributed by atoms with E-state index in [1.54, 1.807) is 0 Å². The summed E-state index contributed by atoms with van der Waals surface area (Å²) in [4.78, 5) is 6.61.